The standard InChI is InChI=1S/C19H20N2O3S/c1-3-24-18(22)14-7-6-8-15(11-14)20-19(23)21-12-13(2)25-17-10-5-4-9-16(17)21/h4-11,13H,3,12H2,1-2H3,(H,20,23)/t13-/m0/s1. The van der Waals surface area contributed by atoms with E-state index in [1.54, 1.807) is 47.9 Å². The van der Waals surface area contributed by atoms with Gasteiger partial charge in [-0.1, -0.05) is 25.1 Å². The molecular weight excluding hydrogens is 336 g/mol. The molecule has 0 saturated carbocycles. The summed E-state index contributed by atoms with van der Waals surface area (Å²) < 4.78 is 5.00. The van der Waals surface area contributed by atoms with Crippen LogP contribution in [0.25, 0.3) is 0 Å². The van der Waals surface area contributed by atoms with E-state index in [9.17, 15) is 9.59 Å². The Morgan fingerprint density at radius 1 is 1.24 bits per heavy atom. The van der Waals surface area contributed by atoms with Gasteiger partial charge in [0.15, 0.2) is 0 Å². The first-order valence-electron chi connectivity index (χ1n) is 8.20. The van der Waals surface area contributed by atoms with Gasteiger partial charge in [0.2, 0.25) is 0 Å². The largest absolute Gasteiger partial charge is 0.462 e. The number of fused-ring (bicyclic) bond motifs is 1. The lowest BCUT2D eigenvalue weighted by Gasteiger charge is -2.32. The highest BCUT2D eigenvalue weighted by atomic mass is 32.2. The summed E-state index contributed by atoms with van der Waals surface area (Å²) in [5.41, 5.74) is 1.89. The maximum absolute atomic E-state index is 12.8. The molecule has 0 unspecified atom stereocenters. The van der Waals surface area contributed by atoms with Crippen LogP contribution in [0.1, 0.15) is 24.2 Å². The molecule has 0 saturated heterocycles. The number of urea groups is 1. The van der Waals surface area contributed by atoms with Crippen molar-refractivity contribution in [2.24, 2.45) is 0 Å². The first kappa shape index (κ1) is 17.4. The number of rotatable bonds is 3. The van der Waals surface area contributed by atoms with Crippen molar-refractivity contribution in [1.29, 1.82) is 0 Å². The van der Waals surface area contributed by atoms with E-state index in [2.05, 4.69) is 12.2 Å². The van der Waals surface area contributed by atoms with Crippen LogP contribution in [0.5, 0.6) is 0 Å². The van der Waals surface area contributed by atoms with E-state index in [0.29, 0.717) is 29.7 Å². The van der Waals surface area contributed by atoms with E-state index in [1.165, 1.54) is 0 Å². The molecule has 2 amide bonds. The Morgan fingerprint density at radius 2 is 2.04 bits per heavy atom. The predicted octanol–water partition coefficient (Wildman–Crippen LogP) is 4.40. The van der Waals surface area contributed by atoms with Gasteiger partial charge in [-0.05, 0) is 37.3 Å². The van der Waals surface area contributed by atoms with Crippen LogP contribution in [0.3, 0.4) is 0 Å². The van der Waals surface area contributed by atoms with Gasteiger partial charge in [0.1, 0.15) is 0 Å². The number of ether oxygens (including phenoxy) is 1. The minimum absolute atomic E-state index is 0.208. The van der Waals surface area contributed by atoms with E-state index >= 15 is 0 Å². The lowest BCUT2D eigenvalue weighted by molar-refractivity contribution is 0.0526. The minimum atomic E-state index is -0.396. The molecule has 0 aliphatic carbocycles. The van der Waals surface area contributed by atoms with Crippen molar-refractivity contribution >= 4 is 35.1 Å². The molecule has 0 radical (unpaired) electrons. The number of carbonyl (C=O) groups excluding carboxylic acids is 2. The van der Waals surface area contributed by atoms with Crippen molar-refractivity contribution in [3.05, 3.63) is 54.1 Å². The molecule has 1 N–H and O–H groups in total. The van der Waals surface area contributed by atoms with Crippen LogP contribution in [0.15, 0.2) is 53.4 Å². The molecule has 0 fully saturated rings. The zero-order valence-electron chi connectivity index (χ0n) is 14.2. The fraction of sp³-hybridized carbons (Fsp3) is 0.263. The van der Waals surface area contributed by atoms with Gasteiger partial charge in [-0.25, -0.2) is 9.59 Å². The normalized spacial score (nSPS) is 16.1. The number of hydrogen-bond donors (Lipinski definition) is 1. The number of hydrogen-bond acceptors (Lipinski definition) is 4. The second-order valence-electron chi connectivity index (χ2n) is 5.74. The zero-order valence-corrected chi connectivity index (χ0v) is 15.0. The summed E-state index contributed by atoms with van der Waals surface area (Å²) in [5.74, 6) is -0.396. The number of carbonyl (C=O) groups is 2. The Labute approximate surface area is 151 Å². The van der Waals surface area contributed by atoms with Gasteiger partial charge in [0.25, 0.3) is 0 Å². The monoisotopic (exact) mass is 356 g/mol. The number of nitrogens with one attached hydrogen (secondary N) is 1. The van der Waals surface area contributed by atoms with Crippen molar-refractivity contribution in [3.63, 3.8) is 0 Å². The SMILES string of the molecule is CCOC(=O)c1cccc(NC(=O)N2C[C@H](C)Sc3ccccc32)c1. The molecule has 3 rings (SSSR count). The second kappa shape index (κ2) is 7.61. The average molecular weight is 356 g/mol. The van der Waals surface area contributed by atoms with Crippen LogP contribution in [0.4, 0.5) is 16.2 Å². The topological polar surface area (TPSA) is 58.6 Å². The first-order valence-corrected chi connectivity index (χ1v) is 9.08. The smallest absolute Gasteiger partial charge is 0.338 e. The van der Waals surface area contributed by atoms with Crippen molar-refractivity contribution < 1.29 is 14.3 Å². The maximum atomic E-state index is 12.8. The maximum Gasteiger partial charge on any atom is 0.338 e. The molecule has 0 bridgehead atoms. The highest BCUT2D eigenvalue weighted by molar-refractivity contribution is 8.00. The highest BCUT2D eigenvalue weighted by Crippen LogP contribution is 2.38. The summed E-state index contributed by atoms with van der Waals surface area (Å²) in [6.45, 7) is 4.80. The Kier molecular flexibility index (Phi) is 5.28. The number of nitrogens with zero attached hydrogens (tertiary/aromatic N) is 1. The Bertz CT molecular complexity index is 794. The number of anilines is 2. The molecule has 5 nitrogen and oxygen atoms in total. The molecule has 1 aliphatic heterocycles. The fourth-order valence-corrected chi connectivity index (χ4v) is 3.82. The summed E-state index contributed by atoms with van der Waals surface area (Å²) in [5, 5.41) is 3.19. The molecule has 1 aliphatic rings. The molecule has 0 aromatic heterocycles. The van der Waals surface area contributed by atoms with Gasteiger partial charge in [-0.15, -0.1) is 11.8 Å². The van der Waals surface area contributed by atoms with Gasteiger partial charge >= 0.3 is 12.0 Å². The molecule has 1 atom stereocenters. The van der Waals surface area contributed by atoms with Crippen LogP contribution in [-0.4, -0.2) is 30.4 Å². The Hall–Kier alpha value is -2.47. The van der Waals surface area contributed by atoms with Crippen molar-refractivity contribution in [3.8, 4) is 0 Å². The van der Waals surface area contributed by atoms with Crippen LogP contribution < -0.4 is 10.2 Å². The van der Waals surface area contributed by atoms with E-state index in [4.69, 9.17) is 4.74 Å². The van der Waals surface area contributed by atoms with Crippen molar-refractivity contribution in [2.75, 3.05) is 23.4 Å². The predicted molar refractivity (Wildman–Crippen MR) is 101 cm³/mol. The van der Waals surface area contributed by atoms with Gasteiger partial charge in [0.05, 0.1) is 17.9 Å². The third-order valence-electron chi connectivity index (χ3n) is 3.79. The summed E-state index contributed by atoms with van der Waals surface area (Å²) >= 11 is 1.77. The van der Waals surface area contributed by atoms with Crippen LogP contribution in [0.2, 0.25) is 0 Å². The molecule has 6 heteroatoms. The van der Waals surface area contributed by atoms with E-state index in [-0.39, 0.29) is 6.03 Å². The van der Waals surface area contributed by atoms with Gasteiger partial charge < -0.3 is 10.1 Å². The third-order valence-corrected chi connectivity index (χ3v) is 4.94. The number of esters is 1. The van der Waals surface area contributed by atoms with Crippen LogP contribution >= 0.6 is 11.8 Å². The lowest BCUT2D eigenvalue weighted by Crippen LogP contribution is -2.41. The van der Waals surface area contributed by atoms with E-state index < -0.39 is 5.97 Å². The van der Waals surface area contributed by atoms with Gasteiger partial charge in [-0.2, -0.15) is 0 Å². The fourth-order valence-electron chi connectivity index (χ4n) is 2.71. The quantitative estimate of drug-likeness (QED) is 0.829. The van der Waals surface area contributed by atoms with Crippen molar-refractivity contribution in [2.45, 2.75) is 24.0 Å². The highest BCUT2D eigenvalue weighted by Gasteiger charge is 2.26. The second-order valence-corrected chi connectivity index (χ2v) is 7.22. The van der Waals surface area contributed by atoms with Gasteiger partial charge in [0, 0.05) is 22.4 Å². The van der Waals surface area contributed by atoms with Crippen molar-refractivity contribution in [1.82, 2.24) is 0 Å². The minimum Gasteiger partial charge on any atom is -0.462 e. The van der Waals surface area contributed by atoms with E-state index in [0.717, 1.165) is 10.6 Å². The number of amides is 2. The molecule has 0 spiro atoms. The lowest BCUT2D eigenvalue weighted by atomic mass is 10.2. The summed E-state index contributed by atoms with van der Waals surface area (Å²) in [7, 11) is 0. The third kappa shape index (κ3) is 3.96. The molecule has 130 valence electrons. The average Bonchev–Trinajstić information content (AvgIpc) is 2.61. The van der Waals surface area contributed by atoms with Crippen LogP contribution in [-0.2, 0) is 4.74 Å². The van der Waals surface area contributed by atoms with E-state index in [1.807, 2.05) is 24.3 Å². The molecule has 25 heavy (non-hydrogen) atoms. The molecular formula is C19H20N2O3S. The molecule has 1 heterocycles. The summed E-state index contributed by atoms with van der Waals surface area (Å²) in [4.78, 5) is 27.5. The Balaban J connectivity index is 1.79. The molecule has 2 aromatic rings. The number of para-hydroxylation sites is 1. The Morgan fingerprint density at radius 3 is 2.84 bits per heavy atom. The molecule has 2 aromatic carbocycles. The van der Waals surface area contributed by atoms with Crippen LogP contribution in [0, 0.1) is 0 Å². The number of thioether (sulfide) groups is 1. The van der Waals surface area contributed by atoms with Gasteiger partial charge in [-0.3, -0.25) is 4.90 Å². The zero-order chi connectivity index (χ0) is 17.8. The summed E-state index contributed by atoms with van der Waals surface area (Å²) in [6, 6.07) is 14.5. The summed E-state index contributed by atoms with van der Waals surface area (Å²) in [6.07, 6.45) is 0. The first-order chi connectivity index (χ1) is 12.1. The number of benzene rings is 2.